The maximum absolute atomic E-state index is 13.4. The third kappa shape index (κ3) is 4.88. The zero-order valence-electron chi connectivity index (χ0n) is 18.7. The van der Waals surface area contributed by atoms with Gasteiger partial charge in [-0.3, -0.25) is 14.4 Å². The standard InChI is InChI=1S/C24H26BrN3O5S/c1-16(23(30)26-19-6-2-3-7-19)27(14-17-10-12-18(25)13-11-17)22(29)15-28-24(31)20-8-4-5-9-21(20)34(28,32)33/h4-5,8-13,16,19H,2-3,6-7,14-15H2,1H3,(H,26,30)/t16-/m0/s1. The maximum atomic E-state index is 13.4. The van der Waals surface area contributed by atoms with E-state index in [0.29, 0.717) is 4.31 Å². The molecule has 8 nitrogen and oxygen atoms in total. The van der Waals surface area contributed by atoms with Crippen LogP contribution in [0.2, 0.25) is 0 Å². The number of nitrogens with zero attached hydrogens (tertiary/aromatic N) is 2. The van der Waals surface area contributed by atoms with Crippen LogP contribution in [0.3, 0.4) is 0 Å². The average Bonchev–Trinajstić information content (AvgIpc) is 3.39. The normalized spacial score (nSPS) is 17.9. The molecule has 0 unspecified atom stereocenters. The lowest BCUT2D eigenvalue weighted by atomic mass is 10.1. The molecule has 34 heavy (non-hydrogen) atoms. The molecule has 1 saturated carbocycles. The Hall–Kier alpha value is -2.72. The lowest BCUT2D eigenvalue weighted by Crippen LogP contribution is -2.52. The lowest BCUT2D eigenvalue weighted by molar-refractivity contribution is -0.140. The molecule has 1 aliphatic heterocycles. The number of carbonyl (C=O) groups is 3. The van der Waals surface area contributed by atoms with E-state index in [4.69, 9.17) is 0 Å². The molecule has 1 heterocycles. The Morgan fingerprint density at radius 2 is 1.76 bits per heavy atom. The minimum atomic E-state index is -4.14. The van der Waals surface area contributed by atoms with Crippen LogP contribution in [0, 0.1) is 0 Å². The number of benzene rings is 2. The number of hydrogen-bond donors (Lipinski definition) is 1. The largest absolute Gasteiger partial charge is 0.352 e. The second-order valence-electron chi connectivity index (χ2n) is 8.63. The Morgan fingerprint density at radius 1 is 1.12 bits per heavy atom. The summed E-state index contributed by atoms with van der Waals surface area (Å²) in [5, 5.41) is 3.00. The fourth-order valence-corrected chi connectivity index (χ4v) is 6.14. The van der Waals surface area contributed by atoms with Gasteiger partial charge in [-0.1, -0.05) is 53.0 Å². The smallest absolute Gasteiger partial charge is 0.269 e. The molecule has 10 heteroatoms. The summed E-state index contributed by atoms with van der Waals surface area (Å²) >= 11 is 3.38. The number of halogens is 1. The van der Waals surface area contributed by atoms with Crippen molar-refractivity contribution in [3.05, 3.63) is 64.1 Å². The third-order valence-corrected chi connectivity index (χ3v) is 8.64. The predicted molar refractivity (Wildman–Crippen MR) is 129 cm³/mol. The zero-order chi connectivity index (χ0) is 24.5. The van der Waals surface area contributed by atoms with Crippen LogP contribution in [0.5, 0.6) is 0 Å². The number of carbonyl (C=O) groups excluding carboxylic acids is 3. The minimum absolute atomic E-state index is 0.0433. The summed E-state index contributed by atoms with van der Waals surface area (Å²) in [6.07, 6.45) is 3.91. The molecule has 3 amide bonds. The first-order valence-electron chi connectivity index (χ1n) is 11.2. The molecule has 2 aromatic carbocycles. The van der Waals surface area contributed by atoms with Gasteiger partial charge in [-0.25, -0.2) is 12.7 Å². The first-order chi connectivity index (χ1) is 16.2. The molecule has 1 fully saturated rings. The predicted octanol–water partition coefficient (Wildman–Crippen LogP) is 3.07. The molecule has 1 atom stereocenters. The number of amides is 3. The summed E-state index contributed by atoms with van der Waals surface area (Å²) in [5.74, 6) is -1.66. The van der Waals surface area contributed by atoms with E-state index < -0.39 is 34.4 Å². The van der Waals surface area contributed by atoms with Crippen molar-refractivity contribution in [1.29, 1.82) is 0 Å². The highest BCUT2D eigenvalue weighted by Gasteiger charge is 2.43. The van der Waals surface area contributed by atoms with Crippen molar-refractivity contribution in [2.75, 3.05) is 6.54 Å². The summed E-state index contributed by atoms with van der Waals surface area (Å²) in [6, 6.07) is 12.4. The molecular weight excluding hydrogens is 522 g/mol. The first kappa shape index (κ1) is 24.4. The quantitative estimate of drug-likeness (QED) is 0.573. The van der Waals surface area contributed by atoms with Gasteiger partial charge < -0.3 is 10.2 Å². The zero-order valence-corrected chi connectivity index (χ0v) is 21.1. The Bertz CT molecular complexity index is 1210. The van der Waals surface area contributed by atoms with Crippen molar-refractivity contribution in [3.8, 4) is 0 Å². The van der Waals surface area contributed by atoms with Crippen LogP contribution in [0.4, 0.5) is 0 Å². The van der Waals surface area contributed by atoms with Gasteiger partial charge in [0.05, 0.1) is 5.56 Å². The molecule has 1 aliphatic carbocycles. The second-order valence-corrected chi connectivity index (χ2v) is 11.4. The van der Waals surface area contributed by atoms with Gasteiger partial charge in [0.2, 0.25) is 11.8 Å². The summed E-state index contributed by atoms with van der Waals surface area (Å²) in [7, 11) is -4.14. The summed E-state index contributed by atoms with van der Waals surface area (Å²) in [4.78, 5) is 40.4. The van der Waals surface area contributed by atoms with Crippen molar-refractivity contribution in [2.45, 2.75) is 56.1 Å². The van der Waals surface area contributed by atoms with E-state index in [2.05, 4.69) is 21.2 Å². The highest BCUT2D eigenvalue weighted by atomic mass is 79.9. The number of fused-ring (bicyclic) bond motifs is 1. The number of rotatable bonds is 7. The van der Waals surface area contributed by atoms with E-state index in [1.54, 1.807) is 13.0 Å². The molecule has 4 rings (SSSR count). The first-order valence-corrected chi connectivity index (χ1v) is 13.4. The van der Waals surface area contributed by atoms with Gasteiger partial charge in [-0.15, -0.1) is 0 Å². The van der Waals surface area contributed by atoms with E-state index in [1.165, 1.54) is 23.1 Å². The van der Waals surface area contributed by atoms with Crippen LogP contribution >= 0.6 is 15.9 Å². The molecule has 0 radical (unpaired) electrons. The van der Waals surface area contributed by atoms with Gasteiger partial charge >= 0.3 is 0 Å². The van der Waals surface area contributed by atoms with Crippen molar-refractivity contribution >= 4 is 43.7 Å². The van der Waals surface area contributed by atoms with E-state index in [0.717, 1.165) is 35.7 Å². The highest BCUT2D eigenvalue weighted by molar-refractivity contribution is 9.10. The monoisotopic (exact) mass is 547 g/mol. The third-order valence-electron chi connectivity index (χ3n) is 6.33. The number of hydrogen-bond acceptors (Lipinski definition) is 5. The van der Waals surface area contributed by atoms with Gasteiger partial charge in [0.15, 0.2) is 0 Å². The molecule has 0 bridgehead atoms. The Balaban J connectivity index is 1.57. The van der Waals surface area contributed by atoms with E-state index in [1.807, 2.05) is 24.3 Å². The van der Waals surface area contributed by atoms with Crippen molar-refractivity contribution in [1.82, 2.24) is 14.5 Å². The summed E-state index contributed by atoms with van der Waals surface area (Å²) < 4.78 is 27.3. The Labute approximate surface area is 207 Å². The minimum Gasteiger partial charge on any atom is -0.352 e. The Kier molecular flexibility index (Phi) is 7.09. The van der Waals surface area contributed by atoms with Crippen molar-refractivity contribution in [2.24, 2.45) is 0 Å². The fraction of sp³-hybridized carbons (Fsp3) is 0.375. The second kappa shape index (κ2) is 9.87. The highest BCUT2D eigenvalue weighted by Crippen LogP contribution is 2.30. The molecule has 2 aliphatic rings. The maximum Gasteiger partial charge on any atom is 0.269 e. The van der Waals surface area contributed by atoms with Crippen LogP contribution in [0.15, 0.2) is 57.9 Å². The topological polar surface area (TPSA) is 104 Å². The van der Waals surface area contributed by atoms with E-state index in [-0.39, 0.29) is 29.0 Å². The molecule has 0 spiro atoms. The summed E-state index contributed by atoms with van der Waals surface area (Å²) in [5.41, 5.74) is 0.817. The van der Waals surface area contributed by atoms with Crippen LogP contribution in [0.25, 0.3) is 0 Å². The number of nitrogens with one attached hydrogen (secondary N) is 1. The SMILES string of the molecule is C[C@@H](C(=O)NC1CCCC1)N(Cc1ccc(Br)cc1)C(=O)CN1C(=O)c2ccccc2S1(=O)=O. The average molecular weight is 548 g/mol. The van der Waals surface area contributed by atoms with Crippen LogP contribution in [-0.4, -0.2) is 54.0 Å². The van der Waals surface area contributed by atoms with E-state index >= 15 is 0 Å². The molecule has 180 valence electrons. The van der Waals surface area contributed by atoms with Crippen LogP contribution in [0.1, 0.15) is 48.5 Å². The van der Waals surface area contributed by atoms with Gasteiger partial charge in [-0.2, -0.15) is 0 Å². The molecule has 1 N–H and O–H groups in total. The van der Waals surface area contributed by atoms with Gasteiger partial charge in [0.25, 0.3) is 15.9 Å². The molecule has 2 aromatic rings. The summed E-state index contributed by atoms with van der Waals surface area (Å²) in [6.45, 7) is 1.05. The van der Waals surface area contributed by atoms with Gasteiger partial charge in [0, 0.05) is 17.1 Å². The fourth-order valence-electron chi connectivity index (χ4n) is 4.36. The van der Waals surface area contributed by atoms with Crippen molar-refractivity contribution in [3.63, 3.8) is 0 Å². The van der Waals surface area contributed by atoms with Crippen LogP contribution in [-0.2, 0) is 26.2 Å². The van der Waals surface area contributed by atoms with Crippen LogP contribution < -0.4 is 5.32 Å². The van der Waals surface area contributed by atoms with Crippen molar-refractivity contribution < 1.29 is 22.8 Å². The number of sulfonamides is 1. The van der Waals surface area contributed by atoms with E-state index in [9.17, 15) is 22.8 Å². The Morgan fingerprint density at radius 3 is 2.41 bits per heavy atom. The molecule has 0 aromatic heterocycles. The molecule has 0 saturated heterocycles. The lowest BCUT2D eigenvalue weighted by Gasteiger charge is -2.31. The van der Waals surface area contributed by atoms with Gasteiger partial charge in [0.1, 0.15) is 17.5 Å². The molecular formula is C24H26BrN3O5S. The van der Waals surface area contributed by atoms with Gasteiger partial charge in [-0.05, 0) is 49.6 Å².